The molecule has 2 atom stereocenters. The topological polar surface area (TPSA) is 41.6 Å². The summed E-state index contributed by atoms with van der Waals surface area (Å²) in [7, 11) is 0. The highest BCUT2D eigenvalue weighted by molar-refractivity contribution is 5.68. The summed E-state index contributed by atoms with van der Waals surface area (Å²) in [5.74, 6) is 0.699. The van der Waals surface area contributed by atoms with Crippen LogP contribution in [0, 0.1) is 11.3 Å². The molecule has 1 saturated heterocycles. The maximum atomic E-state index is 12.1. The molecule has 0 aromatic rings. The van der Waals surface area contributed by atoms with Gasteiger partial charge >= 0.3 is 6.09 Å². The van der Waals surface area contributed by atoms with Gasteiger partial charge in [-0.15, -0.1) is 0 Å². The molecule has 1 heterocycles. The van der Waals surface area contributed by atoms with Gasteiger partial charge in [-0.05, 0) is 51.9 Å². The first kappa shape index (κ1) is 19.3. The fourth-order valence-corrected chi connectivity index (χ4v) is 2.69. The second-order valence-electron chi connectivity index (χ2n) is 8.33. The zero-order valence-corrected chi connectivity index (χ0v) is 15.7. The summed E-state index contributed by atoms with van der Waals surface area (Å²) >= 11 is 0. The average Bonchev–Trinajstić information content (AvgIpc) is 2.42. The van der Waals surface area contributed by atoms with Crippen molar-refractivity contribution in [1.29, 1.82) is 0 Å². The van der Waals surface area contributed by atoms with E-state index in [-0.39, 0.29) is 11.5 Å². The highest BCUT2D eigenvalue weighted by Gasteiger charge is 2.33. The first-order valence-corrected chi connectivity index (χ1v) is 8.77. The minimum absolute atomic E-state index is 0.171. The van der Waals surface area contributed by atoms with Gasteiger partial charge in [0.05, 0.1) is 0 Å². The van der Waals surface area contributed by atoms with Gasteiger partial charge in [-0.1, -0.05) is 27.2 Å². The number of hydrogen-bond acceptors (Lipinski definition) is 3. The van der Waals surface area contributed by atoms with Gasteiger partial charge in [-0.2, -0.15) is 0 Å². The van der Waals surface area contributed by atoms with Crippen LogP contribution in [-0.4, -0.2) is 42.3 Å². The van der Waals surface area contributed by atoms with Gasteiger partial charge in [-0.25, -0.2) is 4.79 Å². The highest BCUT2D eigenvalue weighted by atomic mass is 16.6. The van der Waals surface area contributed by atoms with Crippen molar-refractivity contribution in [1.82, 2.24) is 10.2 Å². The molecule has 0 bridgehead atoms. The van der Waals surface area contributed by atoms with Crippen LogP contribution in [-0.2, 0) is 4.74 Å². The molecule has 1 N–H and O–H groups in total. The lowest BCUT2D eigenvalue weighted by molar-refractivity contribution is 0.0116. The number of piperidine rings is 1. The molecule has 2 unspecified atom stereocenters. The molecular weight excluding hydrogens is 276 g/mol. The Bertz CT molecular complexity index is 355. The predicted molar refractivity (Wildman–Crippen MR) is 92.1 cm³/mol. The van der Waals surface area contributed by atoms with Crippen LogP contribution in [0.15, 0.2) is 0 Å². The molecule has 0 radical (unpaired) electrons. The molecule has 0 aromatic carbocycles. The lowest BCUT2D eigenvalue weighted by Gasteiger charge is -2.40. The summed E-state index contributed by atoms with van der Waals surface area (Å²) in [4.78, 5) is 14.0. The van der Waals surface area contributed by atoms with E-state index in [0.717, 1.165) is 32.5 Å². The van der Waals surface area contributed by atoms with Crippen molar-refractivity contribution >= 4 is 6.09 Å². The first-order valence-electron chi connectivity index (χ1n) is 8.77. The predicted octanol–water partition coefficient (Wildman–Crippen LogP) is 4.05. The Kier molecular flexibility index (Phi) is 6.72. The molecular formula is C18H36N2O2. The van der Waals surface area contributed by atoms with Crippen molar-refractivity contribution in [2.45, 2.75) is 79.4 Å². The second kappa shape index (κ2) is 7.67. The third kappa shape index (κ3) is 6.15. The number of ether oxygens (including phenoxy) is 1. The quantitative estimate of drug-likeness (QED) is 0.832. The normalized spacial score (nSPS) is 21.3. The summed E-state index contributed by atoms with van der Waals surface area (Å²) in [6, 6.07) is 0.547. The van der Waals surface area contributed by atoms with Crippen molar-refractivity contribution in [2.24, 2.45) is 11.3 Å². The van der Waals surface area contributed by atoms with E-state index in [1.54, 1.807) is 0 Å². The number of hydrogen-bond donors (Lipinski definition) is 1. The molecule has 1 aliphatic rings. The maximum Gasteiger partial charge on any atom is 0.410 e. The molecule has 0 aromatic heterocycles. The Morgan fingerprint density at radius 2 is 1.82 bits per heavy atom. The zero-order chi connectivity index (χ0) is 17.0. The van der Waals surface area contributed by atoms with E-state index in [2.05, 4.69) is 33.0 Å². The largest absolute Gasteiger partial charge is 0.444 e. The van der Waals surface area contributed by atoms with Crippen LogP contribution in [0.5, 0.6) is 0 Å². The average molecular weight is 312 g/mol. The Hall–Kier alpha value is -0.770. The first-order chi connectivity index (χ1) is 10.1. The van der Waals surface area contributed by atoms with E-state index < -0.39 is 5.60 Å². The number of nitrogens with one attached hydrogen (secondary N) is 1. The monoisotopic (exact) mass is 312 g/mol. The summed E-state index contributed by atoms with van der Waals surface area (Å²) in [5.41, 5.74) is -0.134. The van der Waals surface area contributed by atoms with Crippen molar-refractivity contribution in [3.8, 4) is 0 Å². The minimum Gasteiger partial charge on any atom is -0.444 e. The molecule has 1 rings (SSSR count). The Balaban J connectivity index is 2.41. The molecule has 1 amide bonds. The molecule has 22 heavy (non-hydrogen) atoms. The Morgan fingerprint density at radius 1 is 1.27 bits per heavy atom. The Morgan fingerprint density at radius 3 is 2.27 bits per heavy atom. The molecule has 0 aliphatic carbocycles. The molecule has 0 saturated carbocycles. The van der Waals surface area contributed by atoms with Gasteiger partial charge in [-0.3, -0.25) is 0 Å². The van der Waals surface area contributed by atoms with E-state index in [1.807, 2.05) is 25.7 Å². The van der Waals surface area contributed by atoms with Crippen molar-refractivity contribution in [3.05, 3.63) is 0 Å². The van der Waals surface area contributed by atoms with Crippen LogP contribution in [0.25, 0.3) is 0 Å². The standard InChI is InChI=1S/C18H36N2O2/c1-8-14(2)15(3)19-13-18(7)9-11-20(12-10-18)16(21)22-17(4,5)6/h14-15,19H,8-13H2,1-7H3. The fourth-order valence-electron chi connectivity index (χ4n) is 2.69. The molecule has 4 nitrogen and oxygen atoms in total. The smallest absolute Gasteiger partial charge is 0.410 e. The number of likely N-dealkylation sites (tertiary alicyclic amines) is 1. The fraction of sp³-hybridized carbons (Fsp3) is 0.944. The number of carbonyl (C=O) groups excluding carboxylic acids is 1. The lowest BCUT2D eigenvalue weighted by atomic mass is 9.80. The number of amides is 1. The molecule has 4 heteroatoms. The van der Waals surface area contributed by atoms with Crippen LogP contribution >= 0.6 is 0 Å². The van der Waals surface area contributed by atoms with Gasteiger partial charge in [0.25, 0.3) is 0 Å². The van der Waals surface area contributed by atoms with Crippen molar-refractivity contribution in [3.63, 3.8) is 0 Å². The van der Waals surface area contributed by atoms with Crippen LogP contribution in [0.4, 0.5) is 4.79 Å². The van der Waals surface area contributed by atoms with E-state index in [1.165, 1.54) is 6.42 Å². The van der Waals surface area contributed by atoms with E-state index in [9.17, 15) is 4.79 Å². The van der Waals surface area contributed by atoms with Gasteiger partial charge in [0, 0.05) is 25.7 Å². The third-order valence-electron chi connectivity index (χ3n) is 4.97. The van der Waals surface area contributed by atoms with E-state index in [0.29, 0.717) is 12.0 Å². The lowest BCUT2D eigenvalue weighted by Crippen LogP contribution is -2.48. The van der Waals surface area contributed by atoms with Crippen LogP contribution in [0.2, 0.25) is 0 Å². The molecule has 130 valence electrons. The number of rotatable bonds is 5. The van der Waals surface area contributed by atoms with Crippen LogP contribution in [0.1, 0.15) is 67.7 Å². The van der Waals surface area contributed by atoms with Crippen molar-refractivity contribution < 1.29 is 9.53 Å². The van der Waals surface area contributed by atoms with Crippen molar-refractivity contribution in [2.75, 3.05) is 19.6 Å². The van der Waals surface area contributed by atoms with E-state index >= 15 is 0 Å². The van der Waals surface area contributed by atoms with Gasteiger partial charge < -0.3 is 15.0 Å². The summed E-state index contributed by atoms with van der Waals surface area (Å²) < 4.78 is 5.46. The Labute approximate surface area is 137 Å². The third-order valence-corrected chi connectivity index (χ3v) is 4.97. The summed E-state index contributed by atoms with van der Waals surface area (Å²) in [6.45, 7) is 17.5. The molecule has 1 fully saturated rings. The highest BCUT2D eigenvalue weighted by Crippen LogP contribution is 2.31. The van der Waals surface area contributed by atoms with Gasteiger partial charge in [0.1, 0.15) is 5.60 Å². The van der Waals surface area contributed by atoms with Crippen LogP contribution in [0.3, 0.4) is 0 Å². The van der Waals surface area contributed by atoms with E-state index in [4.69, 9.17) is 4.74 Å². The molecule has 1 aliphatic heterocycles. The van der Waals surface area contributed by atoms with Crippen LogP contribution < -0.4 is 5.32 Å². The minimum atomic E-state index is -0.412. The number of nitrogens with zero attached hydrogens (tertiary/aromatic N) is 1. The number of carbonyl (C=O) groups is 1. The molecule has 0 spiro atoms. The maximum absolute atomic E-state index is 12.1. The zero-order valence-electron chi connectivity index (χ0n) is 15.7. The van der Waals surface area contributed by atoms with Gasteiger partial charge in [0.2, 0.25) is 0 Å². The SMILES string of the molecule is CCC(C)C(C)NCC1(C)CCN(C(=O)OC(C)(C)C)CC1. The van der Waals surface area contributed by atoms with Gasteiger partial charge in [0.15, 0.2) is 0 Å². The summed E-state index contributed by atoms with van der Waals surface area (Å²) in [6.07, 6.45) is 3.10. The second-order valence-corrected chi connectivity index (χ2v) is 8.33. The summed E-state index contributed by atoms with van der Waals surface area (Å²) in [5, 5.41) is 3.69.